The molecule has 0 aliphatic rings. The van der Waals surface area contributed by atoms with Gasteiger partial charge in [0.2, 0.25) is 0 Å². The molecule has 28 heavy (non-hydrogen) atoms. The first-order chi connectivity index (χ1) is 13.6. The van der Waals surface area contributed by atoms with E-state index < -0.39 is 11.6 Å². The van der Waals surface area contributed by atoms with E-state index in [1.165, 1.54) is 12.1 Å². The zero-order valence-corrected chi connectivity index (χ0v) is 14.6. The third-order valence-electron chi connectivity index (χ3n) is 4.13. The lowest BCUT2D eigenvalue weighted by Gasteiger charge is -2.07. The fourth-order valence-corrected chi connectivity index (χ4v) is 2.81. The number of halogens is 2. The number of hydrogen-bond donors (Lipinski definition) is 2. The van der Waals surface area contributed by atoms with Crippen LogP contribution in [0.3, 0.4) is 0 Å². The minimum atomic E-state index is -0.651. The van der Waals surface area contributed by atoms with Crippen molar-refractivity contribution >= 4 is 22.6 Å². The minimum Gasteiger partial charge on any atom is -0.489 e. The van der Waals surface area contributed by atoms with E-state index in [-0.39, 0.29) is 12.5 Å². The van der Waals surface area contributed by atoms with Gasteiger partial charge < -0.3 is 10.1 Å². The maximum absolute atomic E-state index is 13.2. The SMILES string of the molecule is O=C(Nc1n[nH]c2cc(OCc3cc(F)cc(F)c3)ccc12)c1ccccc1. The molecule has 3 aromatic carbocycles. The van der Waals surface area contributed by atoms with Gasteiger partial charge in [-0.1, -0.05) is 18.2 Å². The van der Waals surface area contributed by atoms with Gasteiger partial charge in [0.15, 0.2) is 5.82 Å². The number of carbonyl (C=O) groups is 1. The molecule has 0 bridgehead atoms. The van der Waals surface area contributed by atoms with Crippen molar-refractivity contribution in [2.45, 2.75) is 6.61 Å². The first kappa shape index (κ1) is 17.7. The second-order valence-corrected chi connectivity index (χ2v) is 6.17. The number of H-pyrrole nitrogens is 1. The average molecular weight is 379 g/mol. The van der Waals surface area contributed by atoms with Crippen molar-refractivity contribution in [3.8, 4) is 5.75 Å². The molecule has 2 N–H and O–H groups in total. The third-order valence-corrected chi connectivity index (χ3v) is 4.13. The van der Waals surface area contributed by atoms with Crippen molar-refractivity contribution in [3.63, 3.8) is 0 Å². The molecule has 0 saturated heterocycles. The molecule has 0 spiro atoms. The summed E-state index contributed by atoms with van der Waals surface area (Å²) >= 11 is 0. The Hall–Kier alpha value is -3.74. The topological polar surface area (TPSA) is 67.0 Å². The lowest BCUT2D eigenvalue weighted by atomic mass is 10.2. The van der Waals surface area contributed by atoms with Crippen molar-refractivity contribution in [2.75, 3.05) is 5.32 Å². The standard InChI is InChI=1S/C21H15F2N3O2/c22-15-8-13(9-16(23)10-15)12-28-17-6-7-18-19(11-17)25-26-20(18)24-21(27)14-4-2-1-3-5-14/h1-11H,12H2,(H2,24,25,26,27). The molecule has 1 heterocycles. The number of carbonyl (C=O) groups excluding carboxylic acids is 1. The number of aromatic amines is 1. The molecule has 4 aromatic rings. The number of aromatic nitrogens is 2. The molecule has 140 valence electrons. The number of benzene rings is 3. The van der Waals surface area contributed by atoms with Crippen LogP contribution in [0.4, 0.5) is 14.6 Å². The van der Waals surface area contributed by atoms with Crippen molar-refractivity contribution < 1.29 is 18.3 Å². The van der Waals surface area contributed by atoms with Crippen LogP contribution in [0.15, 0.2) is 66.7 Å². The minimum absolute atomic E-state index is 0.0198. The molecule has 1 amide bonds. The lowest BCUT2D eigenvalue weighted by Crippen LogP contribution is -2.12. The summed E-state index contributed by atoms with van der Waals surface area (Å²) < 4.78 is 32.1. The maximum Gasteiger partial charge on any atom is 0.256 e. The summed E-state index contributed by atoms with van der Waals surface area (Å²) in [5.41, 5.74) is 1.57. The summed E-state index contributed by atoms with van der Waals surface area (Å²) in [6.07, 6.45) is 0. The third kappa shape index (κ3) is 3.83. The highest BCUT2D eigenvalue weighted by molar-refractivity contribution is 6.07. The number of nitrogens with zero attached hydrogens (tertiary/aromatic N) is 1. The van der Waals surface area contributed by atoms with E-state index in [0.29, 0.717) is 33.6 Å². The summed E-state index contributed by atoms with van der Waals surface area (Å²) in [5, 5.41) is 10.5. The van der Waals surface area contributed by atoms with Gasteiger partial charge >= 0.3 is 0 Å². The summed E-state index contributed by atoms with van der Waals surface area (Å²) in [7, 11) is 0. The lowest BCUT2D eigenvalue weighted by molar-refractivity contribution is 0.102. The number of hydrogen-bond acceptors (Lipinski definition) is 3. The Morgan fingerprint density at radius 3 is 2.50 bits per heavy atom. The van der Waals surface area contributed by atoms with Crippen molar-refractivity contribution in [1.82, 2.24) is 10.2 Å². The highest BCUT2D eigenvalue weighted by atomic mass is 19.1. The first-order valence-corrected chi connectivity index (χ1v) is 8.51. The molecule has 1 aromatic heterocycles. The molecule has 5 nitrogen and oxygen atoms in total. The van der Waals surface area contributed by atoms with E-state index in [1.54, 1.807) is 42.5 Å². The van der Waals surface area contributed by atoms with Crippen LogP contribution in [-0.4, -0.2) is 16.1 Å². The van der Waals surface area contributed by atoms with Crippen LogP contribution in [0.2, 0.25) is 0 Å². The maximum atomic E-state index is 13.2. The van der Waals surface area contributed by atoms with Gasteiger partial charge in [-0.05, 0) is 42.0 Å². The molecule has 0 atom stereocenters. The molecule has 0 radical (unpaired) electrons. The Morgan fingerprint density at radius 2 is 1.75 bits per heavy atom. The fourth-order valence-electron chi connectivity index (χ4n) is 2.81. The molecule has 0 aliphatic carbocycles. The van der Waals surface area contributed by atoms with Crippen LogP contribution in [0, 0.1) is 11.6 Å². The molecule has 0 fully saturated rings. The van der Waals surface area contributed by atoms with Gasteiger partial charge in [-0.3, -0.25) is 9.89 Å². The fraction of sp³-hybridized carbons (Fsp3) is 0.0476. The molecule has 0 aliphatic heterocycles. The smallest absolute Gasteiger partial charge is 0.256 e. The quantitative estimate of drug-likeness (QED) is 0.529. The normalized spacial score (nSPS) is 10.8. The second-order valence-electron chi connectivity index (χ2n) is 6.17. The predicted octanol–water partition coefficient (Wildman–Crippen LogP) is 4.67. The highest BCUT2D eigenvalue weighted by Gasteiger charge is 2.12. The van der Waals surface area contributed by atoms with Crippen molar-refractivity contribution in [3.05, 3.63) is 89.5 Å². The van der Waals surface area contributed by atoms with E-state index in [2.05, 4.69) is 15.5 Å². The van der Waals surface area contributed by atoms with Gasteiger partial charge in [-0.15, -0.1) is 0 Å². The Morgan fingerprint density at radius 1 is 1.00 bits per heavy atom. The summed E-state index contributed by atoms with van der Waals surface area (Å²) in [6.45, 7) is 0.0198. The molecule has 0 saturated carbocycles. The van der Waals surface area contributed by atoms with Crippen LogP contribution < -0.4 is 10.1 Å². The molecule has 4 rings (SSSR count). The van der Waals surface area contributed by atoms with Crippen LogP contribution in [0.5, 0.6) is 5.75 Å². The zero-order chi connectivity index (χ0) is 19.5. The van der Waals surface area contributed by atoms with Crippen LogP contribution >= 0.6 is 0 Å². The molecular weight excluding hydrogens is 364 g/mol. The van der Waals surface area contributed by atoms with E-state index in [1.807, 2.05) is 6.07 Å². The van der Waals surface area contributed by atoms with Crippen LogP contribution in [0.25, 0.3) is 10.9 Å². The Balaban J connectivity index is 1.49. The van der Waals surface area contributed by atoms with E-state index in [0.717, 1.165) is 6.07 Å². The molecular formula is C21H15F2N3O2. The number of fused-ring (bicyclic) bond motifs is 1. The van der Waals surface area contributed by atoms with Crippen molar-refractivity contribution in [1.29, 1.82) is 0 Å². The Bertz CT molecular complexity index is 1120. The van der Waals surface area contributed by atoms with Gasteiger partial charge in [0, 0.05) is 23.1 Å². The zero-order valence-electron chi connectivity index (χ0n) is 14.6. The first-order valence-electron chi connectivity index (χ1n) is 8.51. The van der Waals surface area contributed by atoms with E-state index in [9.17, 15) is 13.6 Å². The van der Waals surface area contributed by atoms with Gasteiger partial charge in [-0.2, -0.15) is 5.10 Å². The van der Waals surface area contributed by atoms with E-state index >= 15 is 0 Å². The monoisotopic (exact) mass is 379 g/mol. The largest absolute Gasteiger partial charge is 0.489 e. The summed E-state index contributed by atoms with van der Waals surface area (Å²) in [6, 6.07) is 17.2. The highest BCUT2D eigenvalue weighted by Crippen LogP contribution is 2.26. The predicted molar refractivity (Wildman–Crippen MR) is 101 cm³/mol. The summed E-state index contributed by atoms with van der Waals surface area (Å²) in [4.78, 5) is 12.3. The van der Waals surface area contributed by atoms with E-state index in [4.69, 9.17) is 4.74 Å². The van der Waals surface area contributed by atoms with Gasteiger partial charge in [-0.25, -0.2) is 8.78 Å². The Labute approximate surface area is 159 Å². The molecule has 0 unspecified atom stereocenters. The average Bonchev–Trinajstić information content (AvgIpc) is 3.08. The molecule has 7 heteroatoms. The second kappa shape index (κ2) is 7.48. The number of nitrogens with one attached hydrogen (secondary N) is 2. The summed E-state index contributed by atoms with van der Waals surface area (Å²) in [5.74, 6) is -0.658. The van der Waals surface area contributed by atoms with Crippen LogP contribution in [0.1, 0.15) is 15.9 Å². The van der Waals surface area contributed by atoms with Crippen molar-refractivity contribution in [2.24, 2.45) is 0 Å². The Kier molecular flexibility index (Phi) is 4.72. The van der Waals surface area contributed by atoms with Gasteiger partial charge in [0.1, 0.15) is 24.0 Å². The van der Waals surface area contributed by atoms with Gasteiger partial charge in [0.05, 0.1) is 5.52 Å². The number of amides is 1. The van der Waals surface area contributed by atoms with Crippen LogP contribution in [-0.2, 0) is 6.61 Å². The van der Waals surface area contributed by atoms with Gasteiger partial charge in [0.25, 0.3) is 5.91 Å². The number of anilines is 1. The number of rotatable bonds is 5. The number of ether oxygens (including phenoxy) is 1.